The van der Waals surface area contributed by atoms with Crippen LogP contribution in [0.15, 0.2) is 48.5 Å². The highest BCUT2D eigenvalue weighted by molar-refractivity contribution is 5.79. The van der Waals surface area contributed by atoms with Gasteiger partial charge in [-0.2, -0.15) is 0 Å². The zero-order valence-electron chi connectivity index (χ0n) is 15.2. The molecule has 0 heterocycles. The Morgan fingerprint density at radius 1 is 1.15 bits per heavy atom. The molecule has 134 valence electrons. The Hall–Kier alpha value is -2.80. The number of fused-ring (bicyclic) bond motifs is 3. The summed E-state index contributed by atoms with van der Waals surface area (Å²) in [5.74, 6) is 0.292. The molecule has 3 rings (SSSR count). The van der Waals surface area contributed by atoms with E-state index in [-0.39, 0.29) is 24.4 Å². The Morgan fingerprint density at radius 2 is 1.73 bits per heavy atom. The van der Waals surface area contributed by atoms with Gasteiger partial charge in [-0.3, -0.25) is 0 Å². The average molecular weight is 348 g/mol. The number of carbonyl (C=O) groups excluding carboxylic acids is 1. The largest absolute Gasteiger partial charge is 0.449 e. The second-order valence-corrected chi connectivity index (χ2v) is 6.80. The van der Waals surface area contributed by atoms with E-state index in [0.29, 0.717) is 6.61 Å². The number of hydrogen-bond donors (Lipinski definition) is 1. The number of alkyl carbamates (subject to hydrolysis) is 1. The molecule has 0 fully saturated rings. The first kappa shape index (κ1) is 18.0. The van der Waals surface area contributed by atoms with Crippen molar-refractivity contribution in [2.24, 2.45) is 5.92 Å². The normalized spacial score (nSPS) is 14.7. The summed E-state index contributed by atoms with van der Waals surface area (Å²) < 4.78 is 5.56. The van der Waals surface area contributed by atoms with E-state index in [9.17, 15) is 4.79 Å². The SMILES string of the molecule is [C-]#[N+]C[C@@H](NC(=O)OCC1c2ccccc2-c2ccccc21)[C@@H](C)CC. The number of hydrogen-bond acceptors (Lipinski definition) is 2. The molecule has 0 saturated heterocycles. The van der Waals surface area contributed by atoms with Crippen LogP contribution in [0.3, 0.4) is 0 Å². The van der Waals surface area contributed by atoms with Gasteiger partial charge in [0.2, 0.25) is 6.54 Å². The second kappa shape index (κ2) is 8.05. The second-order valence-electron chi connectivity index (χ2n) is 6.80. The van der Waals surface area contributed by atoms with E-state index in [2.05, 4.69) is 41.4 Å². The van der Waals surface area contributed by atoms with Gasteiger partial charge in [-0.05, 0) is 28.2 Å². The molecule has 0 radical (unpaired) electrons. The number of rotatable bonds is 6. The lowest BCUT2D eigenvalue weighted by Crippen LogP contribution is -2.41. The minimum atomic E-state index is -0.444. The third-order valence-electron chi connectivity index (χ3n) is 5.27. The predicted molar refractivity (Wildman–Crippen MR) is 103 cm³/mol. The smallest absolute Gasteiger partial charge is 0.407 e. The van der Waals surface area contributed by atoms with Gasteiger partial charge in [-0.1, -0.05) is 68.8 Å². The summed E-state index contributed by atoms with van der Waals surface area (Å²) in [7, 11) is 0. The van der Waals surface area contributed by atoms with Gasteiger partial charge in [0.1, 0.15) is 12.6 Å². The first-order valence-electron chi connectivity index (χ1n) is 9.10. The Labute approximate surface area is 155 Å². The van der Waals surface area contributed by atoms with Crippen molar-refractivity contribution >= 4 is 6.09 Å². The van der Waals surface area contributed by atoms with Crippen molar-refractivity contribution in [3.05, 3.63) is 71.1 Å². The quantitative estimate of drug-likeness (QED) is 0.758. The number of carbonyl (C=O) groups is 1. The van der Waals surface area contributed by atoms with E-state index < -0.39 is 6.09 Å². The monoisotopic (exact) mass is 348 g/mol. The molecule has 1 amide bonds. The van der Waals surface area contributed by atoms with Crippen molar-refractivity contribution in [1.82, 2.24) is 5.32 Å². The summed E-state index contributed by atoms with van der Waals surface area (Å²) in [6.07, 6.45) is 0.463. The van der Waals surface area contributed by atoms with E-state index >= 15 is 0 Å². The van der Waals surface area contributed by atoms with Gasteiger partial charge in [0.05, 0.1) is 0 Å². The highest BCUT2D eigenvalue weighted by atomic mass is 16.5. The van der Waals surface area contributed by atoms with Crippen LogP contribution in [0.5, 0.6) is 0 Å². The summed E-state index contributed by atoms with van der Waals surface area (Å²) >= 11 is 0. The average Bonchev–Trinajstić information content (AvgIpc) is 2.99. The summed E-state index contributed by atoms with van der Waals surface area (Å²) in [6.45, 7) is 11.8. The minimum absolute atomic E-state index is 0.0519. The fourth-order valence-corrected chi connectivity index (χ4v) is 3.54. The summed E-state index contributed by atoms with van der Waals surface area (Å²) in [5.41, 5.74) is 4.81. The molecule has 1 aliphatic rings. The maximum Gasteiger partial charge on any atom is 0.407 e. The number of benzene rings is 2. The molecule has 0 unspecified atom stereocenters. The van der Waals surface area contributed by atoms with Gasteiger partial charge in [0, 0.05) is 5.92 Å². The van der Waals surface area contributed by atoms with Crippen LogP contribution in [-0.2, 0) is 4.74 Å². The van der Waals surface area contributed by atoms with Crippen molar-refractivity contribution < 1.29 is 9.53 Å². The van der Waals surface area contributed by atoms with Crippen LogP contribution < -0.4 is 5.32 Å². The molecule has 0 spiro atoms. The molecule has 0 saturated carbocycles. The maximum atomic E-state index is 12.3. The zero-order chi connectivity index (χ0) is 18.5. The van der Waals surface area contributed by atoms with Crippen LogP contribution in [0.25, 0.3) is 16.0 Å². The summed E-state index contributed by atoms with van der Waals surface area (Å²) in [4.78, 5) is 15.7. The summed E-state index contributed by atoms with van der Waals surface area (Å²) in [5, 5.41) is 2.87. The van der Waals surface area contributed by atoms with E-state index in [1.807, 2.05) is 31.2 Å². The molecule has 2 atom stereocenters. The molecule has 0 bridgehead atoms. The zero-order valence-corrected chi connectivity index (χ0v) is 15.2. The summed E-state index contributed by atoms with van der Waals surface area (Å²) in [6, 6.07) is 16.4. The van der Waals surface area contributed by atoms with Crippen molar-refractivity contribution in [1.29, 1.82) is 0 Å². The third-order valence-corrected chi connectivity index (χ3v) is 5.27. The van der Waals surface area contributed by atoms with Crippen molar-refractivity contribution in [3.63, 3.8) is 0 Å². The fourth-order valence-electron chi connectivity index (χ4n) is 3.54. The van der Waals surface area contributed by atoms with Gasteiger partial charge >= 0.3 is 6.09 Å². The number of ether oxygens (including phenoxy) is 1. The van der Waals surface area contributed by atoms with E-state index in [1.54, 1.807) is 0 Å². The van der Waals surface area contributed by atoms with Gasteiger partial charge in [0.15, 0.2) is 0 Å². The Morgan fingerprint density at radius 3 is 2.27 bits per heavy atom. The van der Waals surface area contributed by atoms with E-state index in [0.717, 1.165) is 6.42 Å². The van der Waals surface area contributed by atoms with Crippen molar-refractivity contribution in [3.8, 4) is 11.1 Å². The lowest BCUT2D eigenvalue weighted by molar-refractivity contribution is 0.136. The molecule has 1 N–H and O–H groups in total. The third kappa shape index (κ3) is 3.57. The van der Waals surface area contributed by atoms with Crippen LogP contribution in [0.1, 0.15) is 37.3 Å². The van der Waals surface area contributed by atoms with E-state index in [1.165, 1.54) is 22.3 Å². The molecule has 26 heavy (non-hydrogen) atoms. The molecule has 1 aliphatic carbocycles. The van der Waals surface area contributed by atoms with Gasteiger partial charge in [-0.25, -0.2) is 11.4 Å². The van der Waals surface area contributed by atoms with Gasteiger partial charge in [0.25, 0.3) is 0 Å². The van der Waals surface area contributed by atoms with Gasteiger partial charge in [-0.15, -0.1) is 0 Å². The first-order chi connectivity index (χ1) is 12.7. The fraction of sp³-hybridized carbons (Fsp3) is 0.364. The van der Waals surface area contributed by atoms with Crippen molar-refractivity contribution in [2.45, 2.75) is 32.2 Å². The lowest BCUT2D eigenvalue weighted by atomic mass is 9.98. The van der Waals surface area contributed by atoms with Crippen LogP contribution in [0, 0.1) is 12.5 Å². The molecule has 0 aromatic heterocycles. The number of amides is 1. The predicted octanol–water partition coefficient (Wildman–Crippen LogP) is 4.86. The van der Waals surface area contributed by atoms with Crippen LogP contribution >= 0.6 is 0 Å². The lowest BCUT2D eigenvalue weighted by Gasteiger charge is -2.20. The Bertz CT molecular complexity index is 779. The molecule has 4 heteroatoms. The molecular formula is C22H24N2O2. The van der Waals surface area contributed by atoms with Crippen LogP contribution in [-0.4, -0.2) is 25.3 Å². The molecular weight excluding hydrogens is 324 g/mol. The molecule has 4 nitrogen and oxygen atoms in total. The number of nitrogens with one attached hydrogen (secondary N) is 1. The molecule has 0 aliphatic heterocycles. The molecule has 2 aromatic rings. The Kier molecular flexibility index (Phi) is 5.58. The number of nitrogens with zero attached hydrogens (tertiary/aromatic N) is 1. The van der Waals surface area contributed by atoms with Crippen LogP contribution in [0.4, 0.5) is 4.79 Å². The highest BCUT2D eigenvalue weighted by Crippen LogP contribution is 2.44. The first-order valence-corrected chi connectivity index (χ1v) is 9.10. The Balaban J connectivity index is 1.70. The topological polar surface area (TPSA) is 42.7 Å². The van der Waals surface area contributed by atoms with E-state index in [4.69, 9.17) is 11.3 Å². The standard InChI is InChI=1S/C22H24N2O2/c1-4-15(2)21(13-23-3)24-22(25)26-14-20-18-11-7-5-9-16(18)17-10-6-8-12-19(17)20/h5-12,15,20-21H,4,13-14H2,1-2H3,(H,24,25)/t15-,21+/m0/s1. The molecule has 2 aromatic carbocycles. The maximum absolute atomic E-state index is 12.3. The van der Waals surface area contributed by atoms with Crippen molar-refractivity contribution in [2.75, 3.05) is 13.2 Å². The van der Waals surface area contributed by atoms with Gasteiger partial charge < -0.3 is 14.9 Å². The highest BCUT2D eigenvalue weighted by Gasteiger charge is 2.29. The minimum Gasteiger partial charge on any atom is -0.449 e. The van der Waals surface area contributed by atoms with Crippen LogP contribution in [0.2, 0.25) is 0 Å².